The predicted octanol–water partition coefficient (Wildman–Crippen LogP) is 2.25. The van der Waals surface area contributed by atoms with Crippen LogP contribution in [0.2, 0.25) is 5.02 Å². The lowest BCUT2D eigenvalue weighted by molar-refractivity contribution is -0.133. The fourth-order valence-electron chi connectivity index (χ4n) is 2.38. The van der Waals surface area contributed by atoms with Crippen molar-refractivity contribution in [2.24, 2.45) is 5.92 Å². The normalized spacial score (nSPS) is 15.6. The number of hydrogen-bond acceptors (Lipinski definition) is 4. The van der Waals surface area contributed by atoms with Crippen molar-refractivity contribution in [1.29, 1.82) is 0 Å². The Labute approximate surface area is 134 Å². The molecule has 2 aromatic rings. The van der Waals surface area contributed by atoms with Crippen LogP contribution in [0.25, 0.3) is 11.4 Å². The fraction of sp³-hybridized carbons (Fsp3) is 0.467. The van der Waals surface area contributed by atoms with Gasteiger partial charge in [-0.05, 0) is 55.2 Å². The van der Waals surface area contributed by atoms with E-state index in [2.05, 4.69) is 22.3 Å². The first-order valence-corrected chi connectivity index (χ1v) is 7.72. The molecule has 0 saturated heterocycles. The van der Waals surface area contributed by atoms with Crippen LogP contribution in [0.1, 0.15) is 19.8 Å². The molecule has 0 N–H and O–H groups in total. The number of tetrazole rings is 1. The summed E-state index contributed by atoms with van der Waals surface area (Å²) in [6.45, 7) is 2.19. The van der Waals surface area contributed by atoms with Crippen LogP contribution in [0, 0.1) is 5.92 Å². The number of hydrogen-bond donors (Lipinski definition) is 0. The Hall–Kier alpha value is -1.95. The molecule has 0 bridgehead atoms. The van der Waals surface area contributed by atoms with E-state index in [1.807, 2.05) is 19.2 Å². The molecule has 1 fully saturated rings. The maximum absolute atomic E-state index is 12.3. The van der Waals surface area contributed by atoms with Gasteiger partial charge >= 0.3 is 0 Å². The molecule has 6 nitrogen and oxygen atoms in total. The first kappa shape index (κ1) is 15.0. The fourth-order valence-corrected chi connectivity index (χ4v) is 2.51. The van der Waals surface area contributed by atoms with Gasteiger partial charge in [0.05, 0.1) is 0 Å². The summed E-state index contributed by atoms with van der Waals surface area (Å²) >= 11 is 5.86. The third-order valence-corrected chi connectivity index (χ3v) is 4.39. The second kappa shape index (κ2) is 6.04. The van der Waals surface area contributed by atoms with E-state index in [4.69, 9.17) is 11.6 Å². The molecule has 1 heterocycles. The number of benzene rings is 1. The highest BCUT2D eigenvalue weighted by Gasteiger charge is 2.32. The van der Waals surface area contributed by atoms with E-state index in [9.17, 15) is 4.79 Å². The molecule has 1 amide bonds. The average molecular weight is 320 g/mol. The zero-order valence-electron chi connectivity index (χ0n) is 12.6. The highest BCUT2D eigenvalue weighted by molar-refractivity contribution is 6.30. The number of likely N-dealkylation sites (N-methyl/N-ethyl adjacent to an activating group) is 1. The van der Waals surface area contributed by atoms with Gasteiger partial charge in [0.2, 0.25) is 11.7 Å². The molecule has 0 spiro atoms. The van der Waals surface area contributed by atoms with Gasteiger partial charge in [-0.15, -0.1) is 10.2 Å². The molecule has 0 radical (unpaired) electrons. The Bertz CT molecular complexity index is 665. The van der Waals surface area contributed by atoms with Gasteiger partial charge < -0.3 is 4.90 Å². The number of amides is 1. The van der Waals surface area contributed by atoms with Crippen molar-refractivity contribution in [3.63, 3.8) is 0 Å². The summed E-state index contributed by atoms with van der Waals surface area (Å²) in [6.07, 6.45) is 2.42. The van der Waals surface area contributed by atoms with Crippen LogP contribution in [0.15, 0.2) is 24.3 Å². The number of carbonyl (C=O) groups excluding carboxylic acids is 1. The monoisotopic (exact) mass is 319 g/mol. The lowest BCUT2D eigenvalue weighted by Crippen LogP contribution is -2.38. The second-order valence-corrected chi connectivity index (χ2v) is 6.17. The summed E-state index contributed by atoms with van der Waals surface area (Å²) in [5.74, 6) is 1.13. The predicted molar refractivity (Wildman–Crippen MR) is 83.2 cm³/mol. The molecule has 1 aliphatic rings. The van der Waals surface area contributed by atoms with Crippen molar-refractivity contribution in [1.82, 2.24) is 25.1 Å². The molecule has 7 heteroatoms. The highest BCUT2D eigenvalue weighted by Crippen LogP contribution is 2.34. The minimum absolute atomic E-state index is 0.000504. The standard InChI is InChI=1S/C15H18ClN5O/c1-10(11-3-4-11)20(2)14(22)9-21-18-15(17-19-21)12-5-7-13(16)8-6-12/h5-8,10-11H,3-4,9H2,1-2H3. The molecular formula is C15H18ClN5O. The summed E-state index contributed by atoms with van der Waals surface area (Å²) in [5, 5.41) is 12.9. The van der Waals surface area contributed by atoms with Crippen molar-refractivity contribution in [3.05, 3.63) is 29.3 Å². The molecule has 116 valence electrons. The van der Waals surface area contributed by atoms with E-state index in [0.29, 0.717) is 16.8 Å². The smallest absolute Gasteiger partial charge is 0.246 e. The Kier molecular flexibility index (Phi) is 4.11. The Balaban J connectivity index is 1.66. The van der Waals surface area contributed by atoms with Crippen LogP contribution in [-0.2, 0) is 11.3 Å². The van der Waals surface area contributed by atoms with E-state index >= 15 is 0 Å². The van der Waals surface area contributed by atoms with Crippen LogP contribution in [-0.4, -0.2) is 44.1 Å². The lowest BCUT2D eigenvalue weighted by atomic mass is 10.2. The third kappa shape index (κ3) is 3.27. The molecule has 3 rings (SSSR count). The molecule has 1 aliphatic carbocycles. The molecule has 1 aromatic heterocycles. The molecule has 1 aromatic carbocycles. The second-order valence-electron chi connectivity index (χ2n) is 5.73. The number of halogens is 1. The van der Waals surface area contributed by atoms with Gasteiger partial charge in [0.1, 0.15) is 6.54 Å². The summed E-state index contributed by atoms with van der Waals surface area (Å²) in [6, 6.07) is 7.47. The maximum Gasteiger partial charge on any atom is 0.246 e. The summed E-state index contributed by atoms with van der Waals surface area (Å²) in [5.41, 5.74) is 0.822. The number of rotatable bonds is 5. The summed E-state index contributed by atoms with van der Waals surface area (Å²) in [7, 11) is 1.84. The lowest BCUT2D eigenvalue weighted by Gasteiger charge is -2.24. The largest absolute Gasteiger partial charge is 0.341 e. The quantitative estimate of drug-likeness (QED) is 0.848. The van der Waals surface area contributed by atoms with Crippen LogP contribution < -0.4 is 0 Å². The van der Waals surface area contributed by atoms with Gasteiger partial charge in [-0.3, -0.25) is 4.79 Å². The van der Waals surface area contributed by atoms with Gasteiger partial charge in [0.25, 0.3) is 0 Å². The molecular weight excluding hydrogens is 302 g/mol. The first-order valence-electron chi connectivity index (χ1n) is 7.34. The molecule has 1 unspecified atom stereocenters. The summed E-state index contributed by atoms with van der Waals surface area (Å²) < 4.78 is 0. The van der Waals surface area contributed by atoms with E-state index < -0.39 is 0 Å². The van der Waals surface area contributed by atoms with Gasteiger partial charge in [0.15, 0.2) is 0 Å². The van der Waals surface area contributed by atoms with Gasteiger partial charge in [-0.25, -0.2) is 0 Å². The van der Waals surface area contributed by atoms with E-state index in [1.165, 1.54) is 17.6 Å². The van der Waals surface area contributed by atoms with Crippen LogP contribution in [0.3, 0.4) is 0 Å². The minimum atomic E-state index is -0.000504. The molecule has 0 aliphatic heterocycles. The Morgan fingerprint density at radius 2 is 2.09 bits per heavy atom. The van der Waals surface area contributed by atoms with E-state index in [1.54, 1.807) is 17.0 Å². The van der Waals surface area contributed by atoms with Gasteiger partial charge in [-0.1, -0.05) is 11.6 Å². The SMILES string of the molecule is CC(C1CC1)N(C)C(=O)Cn1nnc(-c2ccc(Cl)cc2)n1. The average Bonchev–Trinajstić information content (AvgIpc) is 3.27. The highest BCUT2D eigenvalue weighted by atomic mass is 35.5. The molecule has 1 atom stereocenters. The van der Waals surface area contributed by atoms with E-state index in [0.717, 1.165) is 5.56 Å². The van der Waals surface area contributed by atoms with Crippen molar-refractivity contribution in [2.75, 3.05) is 7.05 Å². The Morgan fingerprint density at radius 1 is 1.41 bits per heavy atom. The minimum Gasteiger partial charge on any atom is -0.341 e. The Morgan fingerprint density at radius 3 is 2.73 bits per heavy atom. The van der Waals surface area contributed by atoms with Gasteiger partial charge in [-0.2, -0.15) is 4.80 Å². The van der Waals surface area contributed by atoms with Crippen LogP contribution >= 0.6 is 11.6 Å². The van der Waals surface area contributed by atoms with Crippen LogP contribution in [0.5, 0.6) is 0 Å². The zero-order valence-corrected chi connectivity index (χ0v) is 13.4. The first-order chi connectivity index (χ1) is 10.5. The third-order valence-electron chi connectivity index (χ3n) is 4.14. The van der Waals surface area contributed by atoms with E-state index in [-0.39, 0.29) is 18.5 Å². The van der Waals surface area contributed by atoms with Gasteiger partial charge in [0, 0.05) is 23.7 Å². The van der Waals surface area contributed by atoms with Crippen molar-refractivity contribution in [2.45, 2.75) is 32.4 Å². The van der Waals surface area contributed by atoms with Crippen LogP contribution in [0.4, 0.5) is 0 Å². The molecule has 22 heavy (non-hydrogen) atoms. The zero-order chi connectivity index (χ0) is 15.7. The van der Waals surface area contributed by atoms with Crippen molar-refractivity contribution >= 4 is 17.5 Å². The summed E-state index contributed by atoms with van der Waals surface area (Å²) in [4.78, 5) is 15.4. The maximum atomic E-state index is 12.3. The number of aromatic nitrogens is 4. The topological polar surface area (TPSA) is 63.9 Å². The number of nitrogens with zero attached hydrogens (tertiary/aromatic N) is 5. The number of carbonyl (C=O) groups is 1. The van der Waals surface area contributed by atoms with Crippen molar-refractivity contribution in [3.8, 4) is 11.4 Å². The van der Waals surface area contributed by atoms with Crippen molar-refractivity contribution < 1.29 is 4.79 Å². The molecule has 1 saturated carbocycles.